The van der Waals surface area contributed by atoms with E-state index in [2.05, 4.69) is 11.4 Å². The van der Waals surface area contributed by atoms with Crippen molar-refractivity contribution in [1.29, 1.82) is 5.26 Å². The van der Waals surface area contributed by atoms with Gasteiger partial charge in [-0.2, -0.15) is 5.26 Å². The Hall–Kier alpha value is -4.60. The molecule has 1 N–H and O–H groups in total. The van der Waals surface area contributed by atoms with Crippen LogP contribution in [0.4, 0.5) is 4.79 Å². The molecule has 1 saturated heterocycles. The second kappa shape index (κ2) is 9.95. The first kappa shape index (κ1) is 23.2. The van der Waals surface area contributed by atoms with E-state index in [4.69, 9.17) is 16.3 Å². The number of hydrogen-bond acceptors (Lipinski definition) is 4. The van der Waals surface area contributed by atoms with Crippen molar-refractivity contribution >= 4 is 40.4 Å². The van der Waals surface area contributed by atoms with Crippen LogP contribution >= 0.6 is 11.6 Å². The molecule has 0 aliphatic carbocycles. The third kappa shape index (κ3) is 4.65. The van der Waals surface area contributed by atoms with Crippen LogP contribution in [0.1, 0.15) is 22.3 Å². The summed E-state index contributed by atoms with van der Waals surface area (Å²) in [7, 11) is 0. The van der Waals surface area contributed by atoms with Crippen molar-refractivity contribution in [2.75, 3.05) is 0 Å². The minimum absolute atomic E-state index is 0.128. The largest absolute Gasteiger partial charge is 0.488 e. The Morgan fingerprint density at radius 2 is 1.69 bits per heavy atom. The van der Waals surface area contributed by atoms with Crippen molar-refractivity contribution in [2.24, 2.45) is 0 Å². The minimum atomic E-state index is -0.494. The molecular weight excluding hydrogens is 474 g/mol. The number of ether oxygens (including phenoxy) is 1. The number of benzene rings is 4. The van der Waals surface area contributed by atoms with Crippen molar-refractivity contribution in [3.05, 3.63) is 118 Å². The number of imide groups is 1. The minimum Gasteiger partial charge on any atom is -0.488 e. The first-order chi connectivity index (χ1) is 17.5. The molecule has 0 saturated carbocycles. The van der Waals surface area contributed by atoms with Crippen LogP contribution in [-0.4, -0.2) is 16.8 Å². The second-order valence-corrected chi connectivity index (χ2v) is 8.70. The molecule has 1 aliphatic rings. The summed E-state index contributed by atoms with van der Waals surface area (Å²) in [6, 6.07) is 27.4. The van der Waals surface area contributed by atoms with Gasteiger partial charge in [-0.05, 0) is 46.7 Å². The van der Waals surface area contributed by atoms with E-state index in [1.807, 2.05) is 48.5 Å². The predicted molar refractivity (Wildman–Crippen MR) is 138 cm³/mol. The van der Waals surface area contributed by atoms with Gasteiger partial charge in [-0.15, -0.1) is 0 Å². The molecular formula is C29H20ClN3O3. The molecule has 0 unspecified atom stereocenters. The highest BCUT2D eigenvalue weighted by atomic mass is 35.5. The number of nitrogens with zero attached hydrogens (tertiary/aromatic N) is 2. The van der Waals surface area contributed by atoms with Crippen LogP contribution in [0.15, 0.2) is 90.6 Å². The van der Waals surface area contributed by atoms with Gasteiger partial charge >= 0.3 is 6.03 Å². The zero-order valence-electron chi connectivity index (χ0n) is 19.1. The first-order valence-corrected chi connectivity index (χ1v) is 11.6. The molecule has 4 aromatic rings. The van der Waals surface area contributed by atoms with E-state index in [-0.39, 0.29) is 18.8 Å². The summed E-state index contributed by atoms with van der Waals surface area (Å²) in [4.78, 5) is 27.0. The summed E-state index contributed by atoms with van der Waals surface area (Å²) in [5.74, 6) is 0.107. The lowest BCUT2D eigenvalue weighted by Gasteiger charge is -2.14. The lowest BCUT2D eigenvalue weighted by molar-refractivity contribution is -0.123. The topological polar surface area (TPSA) is 82.4 Å². The highest BCUT2D eigenvalue weighted by Gasteiger charge is 2.33. The van der Waals surface area contributed by atoms with Crippen LogP contribution in [0.2, 0.25) is 5.02 Å². The Balaban J connectivity index is 1.48. The Kier molecular flexibility index (Phi) is 6.40. The maximum atomic E-state index is 13.2. The molecule has 0 aromatic heterocycles. The summed E-state index contributed by atoms with van der Waals surface area (Å²) in [5, 5.41) is 14.5. The van der Waals surface area contributed by atoms with Gasteiger partial charge in [-0.3, -0.25) is 9.69 Å². The van der Waals surface area contributed by atoms with Crippen LogP contribution in [0, 0.1) is 11.3 Å². The summed E-state index contributed by atoms with van der Waals surface area (Å²) in [5.41, 5.74) is 2.90. The van der Waals surface area contributed by atoms with Gasteiger partial charge < -0.3 is 10.1 Å². The number of halogens is 1. The molecule has 0 radical (unpaired) electrons. The quantitative estimate of drug-likeness (QED) is 0.262. The highest BCUT2D eigenvalue weighted by Crippen LogP contribution is 2.32. The third-order valence-corrected chi connectivity index (χ3v) is 6.21. The molecule has 0 atom stereocenters. The fraction of sp³-hybridized carbons (Fsp3) is 0.0690. The number of carbonyl (C=O) groups excluding carboxylic acids is 2. The van der Waals surface area contributed by atoms with Gasteiger partial charge in [0.1, 0.15) is 18.1 Å². The van der Waals surface area contributed by atoms with E-state index < -0.39 is 11.9 Å². The Morgan fingerprint density at radius 1 is 0.944 bits per heavy atom. The number of nitriles is 1. The molecule has 176 valence electrons. The van der Waals surface area contributed by atoms with Crippen LogP contribution in [0.25, 0.3) is 16.8 Å². The van der Waals surface area contributed by atoms with Gasteiger partial charge in [0.15, 0.2) is 0 Å². The maximum Gasteiger partial charge on any atom is 0.329 e. The molecule has 0 bridgehead atoms. The van der Waals surface area contributed by atoms with E-state index in [9.17, 15) is 14.9 Å². The van der Waals surface area contributed by atoms with Gasteiger partial charge in [0.05, 0.1) is 18.2 Å². The monoisotopic (exact) mass is 493 g/mol. The van der Waals surface area contributed by atoms with Crippen molar-refractivity contribution in [1.82, 2.24) is 10.2 Å². The van der Waals surface area contributed by atoms with E-state index in [1.54, 1.807) is 42.5 Å². The molecule has 1 heterocycles. The van der Waals surface area contributed by atoms with E-state index in [1.165, 1.54) is 0 Å². The average molecular weight is 494 g/mol. The zero-order chi connectivity index (χ0) is 25.1. The van der Waals surface area contributed by atoms with Crippen LogP contribution in [0.3, 0.4) is 0 Å². The highest BCUT2D eigenvalue weighted by molar-refractivity contribution is 6.30. The van der Waals surface area contributed by atoms with Gasteiger partial charge in [-0.25, -0.2) is 4.79 Å². The normalized spacial score (nSPS) is 14.2. The molecule has 5 rings (SSSR count). The molecule has 36 heavy (non-hydrogen) atoms. The summed E-state index contributed by atoms with van der Waals surface area (Å²) >= 11 is 5.95. The van der Waals surface area contributed by atoms with E-state index >= 15 is 0 Å². The Bertz CT molecular complexity index is 1550. The molecule has 1 fully saturated rings. The molecule has 6 nitrogen and oxygen atoms in total. The maximum absolute atomic E-state index is 13.2. The fourth-order valence-electron chi connectivity index (χ4n) is 4.09. The second-order valence-electron chi connectivity index (χ2n) is 8.26. The summed E-state index contributed by atoms with van der Waals surface area (Å²) in [6.07, 6.45) is 1.65. The number of rotatable bonds is 6. The first-order valence-electron chi connectivity index (χ1n) is 11.2. The third-order valence-electron chi connectivity index (χ3n) is 5.96. The van der Waals surface area contributed by atoms with E-state index in [0.717, 1.165) is 26.8 Å². The fourth-order valence-corrected chi connectivity index (χ4v) is 4.22. The number of amides is 3. The number of fused-ring (bicyclic) bond motifs is 1. The van der Waals surface area contributed by atoms with Crippen LogP contribution < -0.4 is 10.1 Å². The zero-order valence-corrected chi connectivity index (χ0v) is 19.8. The summed E-state index contributed by atoms with van der Waals surface area (Å²) in [6.45, 7) is 0.310. The Morgan fingerprint density at radius 3 is 2.50 bits per heavy atom. The van der Waals surface area contributed by atoms with Crippen molar-refractivity contribution in [3.63, 3.8) is 0 Å². The van der Waals surface area contributed by atoms with Gasteiger partial charge in [0, 0.05) is 16.1 Å². The van der Waals surface area contributed by atoms with Gasteiger partial charge in [0.25, 0.3) is 5.91 Å². The number of carbonyl (C=O) groups is 2. The lowest BCUT2D eigenvalue weighted by atomic mass is 10.0. The lowest BCUT2D eigenvalue weighted by Crippen LogP contribution is -2.30. The van der Waals surface area contributed by atoms with Crippen LogP contribution in [-0.2, 0) is 17.9 Å². The molecule has 3 amide bonds. The predicted octanol–water partition coefficient (Wildman–Crippen LogP) is 6.04. The standard InChI is InChI=1S/C29H20ClN3O3/c30-23-12-9-19(10-13-23)17-33-28(34)26(32-29(33)35)15-25-24-8-4-3-5-20(24)11-14-27(25)36-18-22-7-2-1-6-21(22)16-31/h1-15H,17-18H2,(H,32,35)/b26-15-. The Labute approximate surface area is 213 Å². The number of hydrogen-bond donors (Lipinski definition) is 1. The summed E-state index contributed by atoms with van der Waals surface area (Å²) < 4.78 is 6.13. The smallest absolute Gasteiger partial charge is 0.329 e. The van der Waals surface area contributed by atoms with Crippen molar-refractivity contribution in [2.45, 2.75) is 13.2 Å². The van der Waals surface area contributed by atoms with Crippen LogP contribution in [0.5, 0.6) is 5.75 Å². The van der Waals surface area contributed by atoms with Gasteiger partial charge in [0.2, 0.25) is 0 Å². The molecule has 1 aliphatic heterocycles. The number of urea groups is 1. The molecule has 7 heteroatoms. The molecule has 0 spiro atoms. The number of nitrogens with one attached hydrogen (secondary N) is 1. The van der Waals surface area contributed by atoms with Crippen molar-refractivity contribution < 1.29 is 14.3 Å². The SMILES string of the molecule is N#Cc1ccccc1COc1ccc2ccccc2c1/C=C1\NC(=O)N(Cc2ccc(Cl)cc2)C1=O. The van der Waals surface area contributed by atoms with Crippen molar-refractivity contribution in [3.8, 4) is 11.8 Å². The molecule has 4 aromatic carbocycles. The van der Waals surface area contributed by atoms with E-state index in [0.29, 0.717) is 21.9 Å². The van der Waals surface area contributed by atoms with Gasteiger partial charge in [-0.1, -0.05) is 72.3 Å². The average Bonchev–Trinajstić information content (AvgIpc) is 3.16.